The van der Waals surface area contributed by atoms with Crippen LogP contribution in [0.1, 0.15) is 21.5 Å². The third-order valence-electron chi connectivity index (χ3n) is 2.89. The monoisotopic (exact) mass is 368 g/mol. The minimum atomic E-state index is -0.0265. The molecule has 0 radical (unpaired) electrons. The quantitative estimate of drug-likeness (QED) is 0.534. The van der Waals surface area contributed by atoms with E-state index in [4.69, 9.17) is 0 Å². The molecule has 0 fully saturated rings. The summed E-state index contributed by atoms with van der Waals surface area (Å²) in [7, 11) is 1.97. The summed E-state index contributed by atoms with van der Waals surface area (Å²) in [5.74, 6) is -0.0265. The van der Waals surface area contributed by atoms with Gasteiger partial charge in [-0.15, -0.1) is 0 Å². The van der Waals surface area contributed by atoms with Crippen LogP contribution in [0.3, 0.4) is 0 Å². The van der Waals surface area contributed by atoms with E-state index < -0.39 is 0 Å². The molecule has 0 bridgehead atoms. The summed E-state index contributed by atoms with van der Waals surface area (Å²) in [4.78, 5) is 12.0. The molecule has 0 aliphatic carbocycles. The Bertz CT molecular complexity index is 552. The number of hydrogen-bond donors (Lipinski definition) is 1. The van der Waals surface area contributed by atoms with Crippen molar-refractivity contribution in [1.82, 2.24) is 5.32 Å². The van der Waals surface area contributed by atoms with E-state index in [1.807, 2.05) is 67.3 Å². The predicted octanol–water partition coefficient (Wildman–Crippen LogP) is -1.25. The summed E-state index contributed by atoms with van der Waals surface area (Å²) < 4.78 is 1.96. The average molecular weight is 368 g/mol. The molecule has 0 spiro atoms. The average Bonchev–Trinajstić information content (AvgIpc) is 2.38. The van der Waals surface area contributed by atoms with Crippen molar-refractivity contribution in [3.05, 3.63) is 65.5 Å². The molecule has 0 unspecified atom stereocenters. The van der Waals surface area contributed by atoms with Crippen molar-refractivity contribution < 1.29 is 33.3 Å². The van der Waals surface area contributed by atoms with Gasteiger partial charge in [-0.3, -0.25) is 4.79 Å². The molecule has 0 saturated carbocycles. The standard InChI is InChI=1S/C15H16N2O.HI/c1-12-5-3-4-6-14(12)15(18)16-11-13-7-9-17(2)10-8-13;/h3-10H,11H2,1-2H3;1H. The summed E-state index contributed by atoms with van der Waals surface area (Å²) in [5, 5.41) is 2.93. The molecular formula is C15H17IN2O. The van der Waals surface area contributed by atoms with Crippen molar-refractivity contribution in [2.45, 2.75) is 13.5 Å². The number of benzene rings is 1. The van der Waals surface area contributed by atoms with Gasteiger partial charge in [0.25, 0.3) is 5.91 Å². The molecule has 0 saturated heterocycles. The molecule has 2 aromatic rings. The van der Waals surface area contributed by atoms with Gasteiger partial charge < -0.3 is 29.3 Å². The lowest BCUT2D eigenvalue weighted by Crippen LogP contribution is -3.00. The van der Waals surface area contributed by atoms with Gasteiger partial charge in [0.15, 0.2) is 12.4 Å². The molecule has 3 nitrogen and oxygen atoms in total. The van der Waals surface area contributed by atoms with E-state index in [2.05, 4.69) is 5.32 Å². The molecule has 1 aromatic heterocycles. The fourth-order valence-electron chi connectivity index (χ4n) is 1.75. The van der Waals surface area contributed by atoms with Crippen molar-refractivity contribution in [3.63, 3.8) is 0 Å². The molecule has 1 heterocycles. The second kappa shape index (κ2) is 7.23. The molecule has 1 aromatic carbocycles. The van der Waals surface area contributed by atoms with Crippen LogP contribution in [0.4, 0.5) is 0 Å². The maximum Gasteiger partial charge on any atom is 0.251 e. The molecule has 19 heavy (non-hydrogen) atoms. The molecule has 0 aliphatic heterocycles. The first-order chi connectivity index (χ1) is 8.66. The number of aryl methyl sites for hydroxylation is 2. The molecule has 0 atom stereocenters. The lowest BCUT2D eigenvalue weighted by molar-refractivity contribution is -0.671. The highest BCUT2D eigenvalue weighted by molar-refractivity contribution is 5.95. The maximum absolute atomic E-state index is 12.0. The topological polar surface area (TPSA) is 33.0 Å². The lowest BCUT2D eigenvalue weighted by atomic mass is 10.1. The Kier molecular flexibility index (Phi) is 5.95. The number of nitrogens with zero attached hydrogens (tertiary/aromatic N) is 1. The fraction of sp³-hybridized carbons (Fsp3) is 0.200. The van der Waals surface area contributed by atoms with Gasteiger partial charge in [-0.05, 0) is 24.1 Å². The van der Waals surface area contributed by atoms with Crippen LogP contribution >= 0.6 is 0 Å². The van der Waals surface area contributed by atoms with E-state index in [-0.39, 0.29) is 29.9 Å². The maximum atomic E-state index is 12.0. The van der Waals surface area contributed by atoms with Crippen LogP contribution in [-0.2, 0) is 13.6 Å². The first-order valence-corrected chi connectivity index (χ1v) is 5.95. The molecule has 100 valence electrons. The molecule has 1 N–H and O–H groups in total. The number of hydrogen-bond acceptors (Lipinski definition) is 1. The van der Waals surface area contributed by atoms with Crippen molar-refractivity contribution in [2.24, 2.45) is 7.05 Å². The summed E-state index contributed by atoms with van der Waals surface area (Å²) in [6.07, 6.45) is 3.94. The van der Waals surface area contributed by atoms with Crippen molar-refractivity contribution in [2.75, 3.05) is 0 Å². The van der Waals surface area contributed by atoms with Crippen LogP contribution in [0.5, 0.6) is 0 Å². The van der Waals surface area contributed by atoms with Crippen LogP contribution in [0, 0.1) is 6.92 Å². The van der Waals surface area contributed by atoms with Gasteiger partial charge in [-0.25, -0.2) is 4.57 Å². The van der Waals surface area contributed by atoms with Gasteiger partial charge >= 0.3 is 0 Å². The number of aromatic nitrogens is 1. The number of carbonyl (C=O) groups is 1. The molecule has 2 rings (SSSR count). The Morgan fingerprint density at radius 1 is 1.16 bits per heavy atom. The van der Waals surface area contributed by atoms with Crippen molar-refractivity contribution >= 4 is 5.91 Å². The number of rotatable bonds is 3. The summed E-state index contributed by atoms with van der Waals surface area (Å²) in [6.45, 7) is 2.49. The zero-order chi connectivity index (χ0) is 13.0. The van der Waals surface area contributed by atoms with Gasteiger partial charge in [0.2, 0.25) is 0 Å². The smallest absolute Gasteiger partial charge is 0.251 e. The second-order valence-electron chi connectivity index (χ2n) is 4.37. The summed E-state index contributed by atoms with van der Waals surface area (Å²) in [5.41, 5.74) is 2.82. The second-order valence-corrected chi connectivity index (χ2v) is 4.37. The van der Waals surface area contributed by atoms with Crippen LogP contribution in [0.25, 0.3) is 0 Å². The Morgan fingerprint density at radius 2 is 1.79 bits per heavy atom. The predicted molar refractivity (Wildman–Crippen MR) is 70.0 cm³/mol. The molecule has 4 heteroatoms. The van der Waals surface area contributed by atoms with Crippen LogP contribution in [0.15, 0.2) is 48.8 Å². The van der Waals surface area contributed by atoms with Gasteiger partial charge in [0, 0.05) is 24.2 Å². The zero-order valence-corrected chi connectivity index (χ0v) is 13.2. The number of carbonyl (C=O) groups excluding carboxylic acids is 1. The Balaban J connectivity index is 0.00000180. The zero-order valence-electron chi connectivity index (χ0n) is 11.1. The van der Waals surface area contributed by atoms with Crippen molar-refractivity contribution in [1.29, 1.82) is 0 Å². The first-order valence-electron chi connectivity index (χ1n) is 5.95. The van der Waals surface area contributed by atoms with Gasteiger partial charge in [0.1, 0.15) is 7.05 Å². The van der Waals surface area contributed by atoms with Crippen LogP contribution in [-0.4, -0.2) is 5.91 Å². The van der Waals surface area contributed by atoms with Gasteiger partial charge in [0.05, 0.1) is 0 Å². The van der Waals surface area contributed by atoms with E-state index in [0.29, 0.717) is 6.54 Å². The highest BCUT2D eigenvalue weighted by Crippen LogP contribution is 2.06. The molecular weight excluding hydrogens is 351 g/mol. The van der Waals surface area contributed by atoms with Crippen molar-refractivity contribution in [3.8, 4) is 0 Å². The minimum absolute atomic E-state index is 0. The number of amides is 1. The third kappa shape index (κ3) is 4.31. The third-order valence-corrected chi connectivity index (χ3v) is 2.89. The minimum Gasteiger partial charge on any atom is -1.00 e. The molecule has 0 aliphatic rings. The SMILES string of the molecule is Cc1ccccc1C(=O)NCc1cc[n+](C)cc1.[I-]. The number of nitrogens with one attached hydrogen (secondary N) is 1. The normalized spacial score (nSPS) is 9.58. The Morgan fingerprint density at radius 3 is 2.42 bits per heavy atom. The van der Waals surface area contributed by atoms with Crippen LogP contribution < -0.4 is 33.9 Å². The van der Waals surface area contributed by atoms with Gasteiger partial charge in [-0.1, -0.05) is 18.2 Å². The van der Waals surface area contributed by atoms with E-state index in [1.165, 1.54) is 0 Å². The first kappa shape index (κ1) is 15.6. The van der Waals surface area contributed by atoms with Gasteiger partial charge in [-0.2, -0.15) is 0 Å². The van der Waals surface area contributed by atoms with E-state index in [9.17, 15) is 4.79 Å². The summed E-state index contributed by atoms with van der Waals surface area (Å²) in [6, 6.07) is 11.6. The fourth-order valence-corrected chi connectivity index (χ4v) is 1.75. The lowest BCUT2D eigenvalue weighted by Gasteiger charge is -2.07. The Labute approximate surface area is 130 Å². The highest BCUT2D eigenvalue weighted by atomic mass is 127. The van der Waals surface area contributed by atoms with E-state index >= 15 is 0 Å². The largest absolute Gasteiger partial charge is 1.00 e. The van der Waals surface area contributed by atoms with Crippen LogP contribution in [0.2, 0.25) is 0 Å². The number of pyridine rings is 1. The molecule has 1 amide bonds. The Hall–Kier alpha value is -1.43. The summed E-state index contributed by atoms with van der Waals surface area (Å²) >= 11 is 0. The van der Waals surface area contributed by atoms with E-state index in [1.54, 1.807) is 0 Å². The highest BCUT2D eigenvalue weighted by Gasteiger charge is 2.07. The number of halogens is 1. The van der Waals surface area contributed by atoms with E-state index in [0.717, 1.165) is 16.7 Å².